The topological polar surface area (TPSA) is 122 Å². The Morgan fingerprint density at radius 1 is 1.02 bits per heavy atom. The number of nitrogens with two attached hydrogens (primary N) is 1. The molecule has 4 aromatic rings. The van der Waals surface area contributed by atoms with Crippen LogP contribution in [-0.2, 0) is 16.6 Å². The number of pyridine rings is 1. The van der Waals surface area contributed by atoms with Crippen LogP contribution >= 0.6 is 46.0 Å². The predicted octanol–water partition coefficient (Wildman–Crippen LogP) is 8.16. The summed E-state index contributed by atoms with van der Waals surface area (Å²) in [4.78, 5) is 13.9. The summed E-state index contributed by atoms with van der Waals surface area (Å²) >= 11 is 10.4. The summed E-state index contributed by atoms with van der Waals surface area (Å²) in [5.74, 6) is 0.568. The minimum Gasteiger partial charge on any atom is -0.416 e. The summed E-state index contributed by atoms with van der Waals surface area (Å²) < 4.78 is 6.31. The van der Waals surface area contributed by atoms with E-state index in [4.69, 9.17) is 31.7 Å². The third-order valence-electron chi connectivity index (χ3n) is 6.81. The minimum absolute atomic E-state index is 0.0786. The van der Waals surface area contributed by atoms with Crippen molar-refractivity contribution in [1.82, 2.24) is 15.0 Å². The van der Waals surface area contributed by atoms with E-state index >= 15 is 0 Å². The van der Waals surface area contributed by atoms with E-state index in [0.29, 0.717) is 45.6 Å². The maximum atomic E-state index is 10.1. The highest BCUT2D eigenvalue weighted by atomic mass is 35.5. The van der Waals surface area contributed by atoms with Crippen LogP contribution in [0.4, 0.5) is 5.82 Å². The number of thiazole rings is 2. The molecule has 0 saturated heterocycles. The van der Waals surface area contributed by atoms with Gasteiger partial charge in [-0.3, -0.25) is 0 Å². The van der Waals surface area contributed by atoms with Gasteiger partial charge in [0.15, 0.2) is 8.32 Å². The van der Waals surface area contributed by atoms with Gasteiger partial charge in [-0.15, -0.1) is 22.7 Å². The Kier molecular flexibility index (Phi) is 9.35. The van der Waals surface area contributed by atoms with Gasteiger partial charge in [-0.2, -0.15) is 10.5 Å². The first-order chi connectivity index (χ1) is 18.9. The lowest BCUT2D eigenvalue weighted by Crippen LogP contribution is -2.41. The second-order valence-electron chi connectivity index (χ2n) is 10.6. The van der Waals surface area contributed by atoms with Crippen molar-refractivity contribution < 1.29 is 4.43 Å². The molecular weight excluding hydrogens is 596 g/mol. The number of rotatable bonds is 9. The van der Waals surface area contributed by atoms with Crippen molar-refractivity contribution in [3.05, 3.63) is 61.9 Å². The summed E-state index contributed by atoms with van der Waals surface area (Å²) in [6.07, 6.45) is 0.656. The highest BCUT2D eigenvalue weighted by Crippen LogP contribution is 2.39. The lowest BCUT2D eigenvalue weighted by atomic mass is 10.0. The molecule has 4 rings (SSSR count). The molecule has 0 fully saturated rings. The molecule has 3 aromatic heterocycles. The average molecular weight is 625 g/mol. The lowest BCUT2D eigenvalue weighted by molar-refractivity contribution is 0.292. The van der Waals surface area contributed by atoms with Gasteiger partial charge in [-0.05, 0) is 30.3 Å². The van der Waals surface area contributed by atoms with Gasteiger partial charge in [0.25, 0.3) is 0 Å². The maximum absolute atomic E-state index is 10.1. The Morgan fingerprint density at radius 2 is 1.73 bits per heavy atom. The van der Waals surface area contributed by atoms with E-state index in [0.717, 1.165) is 21.3 Å². The van der Waals surface area contributed by atoms with Gasteiger partial charge in [-0.25, -0.2) is 15.0 Å². The fraction of sp³-hybridized carbons (Fsp3) is 0.321. The Bertz CT molecular complexity index is 1600. The van der Waals surface area contributed by atoms with E-state index in [1.54, 1.807) is 0 Å². The molecule has 40 heavy (non-hydrogen) atoms. The molecule has 12 heteroatoms. The van der Waals surface area contributed by atoms with Gasteiger partial charge >= 0.3 is 0 Å². The van der Waals surface area contributed by atoms with Crippen LogP contribution in [-0.4, -0.2) is 29.9 Å². The molecule has 0 spiro atoms. The van der Waals surface area contributed by atoms with Crippen LogP contribution in [0, 0.1) is 22.7 Å². The Hall–Kier alpha value is -2.77. The fourth-order valence-corrected chi connectivity index (χ4v) is 7.31. The van der Waals surface area contributed by atoms with Gasteiger partial charge in [0.1, 0.15) is 33.6 Å². The first-order valence-electron chi connectivity index (χ1n) is 12.5. The van der Waals surface area contributed by atoms with Crippen LogP contribution in [0.15, 0.2) is 40.1 Å². The Labute approximate surface area is 253 Å². The summed E-state index contributed by atoms with van der Waals surface area (Å²) in [5.41, 5.74) is 9.48. The number of nitrogens with zero attached hydrogens (tertiary/aromatic N) is 5. The largest absolute Gasteiger partial charge is 0.416 e. The van der Waals surface area contributed by atoms with Crippen LogP contribution < -0.4 is 5.73 Å². The fourth-order valence-electron chi connectivity index (χ4n) is 3.55. The molecule has 3 heterocycles. The molecule has 2 N–H and O–H groups in total. The molecule has 206 valence electrons. The molecule has 0 amide bonds. The second kappa shape index (κ2) is 12.4. The van der Waals surface area contributed by atoms with E-state index in [2.05, 4.69) is 51.0 Å². The van der Waals surface area contributed by atoms with E-state index in [9.17, 15) is 10.5 Å². The van der Waals surface area contributed by atoms with Crippen LogP contribution in [0.2, 0.25) is 23.2 Å². The zero-order valence-corrected chi connectivity index (χ0v) is 27.1. The number of aromatic nitrogens is 3. The van der Waals surface area contributed by atoms with Crippen molar-refractivity contribution in [1.29, 1.82) is 10.5 Å². The molecule has 7 nitrogen and oxygen atoms in total. The van der Waals surface area contributed by atoms with Crippen molar-refractivity contribution in [2.75, 3.05) is 12.3 Å². The molecule has 0 radical (unpaired) electrons. The van der Waals surface area contributed by atoms with Crippen molar-refractivity contribution in [2.24, 2.45) is 0 Å². The monoisotopic (exact) mass is 624 g/mol. The zero-order chi connectivity index (χ0) is 29.1. The summed E-state index contributed by atoms with van der Waals surface area (Å²) in [7, 11) is -1.86. The van der Waals surface area contributed by atoms with Crippen molar-refractivity contribution in [2.45, 2.75) is 56.1 Å². The molecule has 1 aromatic carbocycles. The van der Waals surface area contributed by atoms with Crippen LogP contribution in [0.3, 0.4) is 0 Å². The molecule has 0 aliphatic carbocycles. The first kappa shape index (κ1) is 30.2. The van der Waals surface area contributed by atoms with E-state index in [-0.39, 0.29) is 16.4 Å². The number of hydrogen-bond acceptors (Lipinski definition) is 10. The number of nitrogen functional groups attached to an aromatic ring is 1. The number of hydrogen-bond donors (Lipinski definition) is 1. The number of nitriles is 2. The number of halogens is 1. The third-order valence-corrected chi connectivity index (χ3v) is 14.5. The summed E-state index contributed by atoms with van der Waals surface area (Å²) in [6.45, 7) is 11.7. The molecule has 0 aliphatic rings. The van der Waals surface area contributed by atoms with E-state index < -0.39 is 8.32 Å². The quantitative estimate of drug-likeness (QED) is 0.146. The SMILES string of the molecule is CC(C)(C)[Si](C)(C)OCCc1nc(-c2c(C#N)c(N)nc(SCc3csc(-c4ccc(Cl)cc4)n3)c2C#N)cs1. The van der Waals surface area contributed by atoms with Crippen LogP contribution in [0.25, 0.3) is 21.8 Å². The van der Waals surface area contributed by atoms with Gasteiger partial charge in [0.2, 0.25) is 0 Å². The van der Waals surface area contributed by atoms with Crippen LogP contribution in [0.1, 0.15) is 42.6 Å². The zero-order valence-electron chi connectivity index (χ0n) is 22.9. The number of benzene rings is 1. The highest BCUT2D eigenvalue weighted by molar-refractivity contribution is 7.98. The molecule has 0 aliphatic heterocycles. The molecule has 0 bridgehead atoms. The molecule has 0 saturated carbocycles. The molecular formula is C28H29ClN6OS3Si. The Morgan fingerprint density at radius 3 is 2.38 bits per heavy atom. The van der Waals surface area contributed by atoms with Gasteiger partial charge in [0, 0.05) is 45.7 Å². The molecule has 0 atom stereocenters. The summed E-state index contributed by atoms with van der Waals surface area (Å²) in [5, 5.41) is 26.9. The van der Waals surface area contributed by atoms with Gasteiger partial charge in [-0.1, -0.05) is 56.3 Å². The average Bonchev–Trinajstić information content (AvgIpc) is 3.56. The molecule has 0 unspecified atom stereocenters. The van der Waals surface area contributed by atoms with E-state index in [1.807, 2.05) is 35.0 Å². The highest BCUT2D eigenvalue weighted by Gasteiger charge is 2.37. The second-order valence-corrected chi connectivity index (χ2v) is 18.6. The number of anilines is 1. The van der Waals surface area contributed by atoms with Gasteiger partial charge in [0.05, 0.1) is 22.0 Å². The van der Waals surface area contributed by atoms with E-state index in [1.165, 1.54) is 34.4 Å². The maximum Gasteiger partial charge on any atom is 0.191 e. The van der Waals surface area contributed by atoms with Crippen molar-refractivity contribution in [3.8, 4) is 34.0 Å². The van der Waals surface area contributed by atoms with Crippen molar-refractivity contribution >= 4 is 60.2 Å². The normalized spacial score (nSPS) is 11.8. The minimum atomic E-state index is -1.86. The van der Waals surface area contributed by atoms with Gasteiger partial charge < -0.3 is 10.2 Å². The first-order valence-corrected chi connectivity index (χ1v) is 18.5. The standard InChI is InChI=1S/C28H29ClN6OS3Si/c1-28(2,3)40(4,5)36-11-10-23-34-22(16-37-23)24-20(12-30)25(32)35-27(21(24)13-31)39-15-19-14-38-26(33-19)17-6-8-18(29)9-7-17/h6-9,14,16H,10-11,15H2,1-5H3,(H2,32,35). The Balaban J connectivity index is 1.55. The number of thioether (sulfide) groups is 1. The lowest BCUT2D eigenvalue weighted by Gasteiger charge is -2.36. The van der Waals surface area contributed by atoms with Crippen molar-refractivity contribution in [3.63, 3.8) is 0 Å². The summed E-state index contributed by atoms with van der Waals surface area (Å²) in [6, 6.07) is 11.9. The predicted molar refractivity (Wildman–Crippen MR) is 168 cm³/mol. The smallest absolute Gasteiger partial charge is 0.191 e. The van der Waals surface area contributed by atoms with Crippen LogP contribution in [0.5, 0.6) is 0 Å². The third kappa shape index (κ3) is 6.74.